The minimum Gasteiger partial charge on any atom is -0.368 e. The van der Waals surface area contributed by atoms with E-state index in [1.165, 1.54) is 15.6 Å². The molecule has 2 heterocycles. The number of primary amides is 1. The molecule has 28 heavy (non-hydrogen) atoms. The molecular formula is C18H22N4O4S2. The molecule has 2 aromatic rings. The van der Waals surface area contributed by atoms with Crippen molar-refractivity contribution in [2.75, 3.05) is 19.6 Å². The Balaban J connectivity index is 1.66. The smallest absolute Gasteiger partial charge is 0.244 e. The summed E-state index contributed by atoms with van der Waals surface area (Å²) in [4.78, 5) is 24.7. The summed E-state index contributed by atoms with van der Waals surface area (Å²) in [5, 5.41) is 8.91. The third-order valence-electron chi connectivity index (χ3n) is 4.53. The number of carbonyl (C=O) groups is 2. The lowest BCUT2D eigenvalue weighted by Gasteiger charge is -2.32. The molecule has 150 valence electrons. The van der Waals surface area contributed by atoms with Crippen LogP contribution in [-0.2, 0) is 26.0 Å². The maximum atomic E-state index is 12.7. The van der Waals surface area contributed by atoms with Crippen molar-refractivity contribution in [3.8, 4) is 0 Å². The molecule has 0 saturated carbocycles. The number of nitrogens with one attached hydrogen (secondary N) is 2. The highest BCUT2D eigenvalue weighted by atomic mass is 32.2. The predicted molar refractivity (Wildman–Crippen MR) is 106 cm³/mol. The van der Waals surface area contributed by atoms with Crippen LogP contribution in [0.15, 0.2) is 52.1 Å². The molecule has 10 heteroatoms. The molecule has 0 bridgehead atoms. The van der Waals surface area contributed by atoms with E-state index >= 15 is 0 Å². The van der Waals surface area contributed by atoms with E-state index < -0.39 is 33.9 Å². The molecule has 3 rings (SSSR count). The van der Waals surface area contributed by atoms with Gasteiger partial charge in [-0.15, -0.1) is 0 Å². The second-order valence-corrected chi connectivity index (χ2v) is 9.20. The number of benzene rings is 1. The van der Waals surface area contributed by atoms with Gasteiger partial charge in [-0.1, -0.05) is 30.3 Å². The van der Waals surface area contributed by atoms with E-state index in [0.717, 1.165) is 5.56 Å². The molecule has 0 radical (unpaired) electrons. The zero-order chi connectivity index (χ0) is 20.1. The highest BCUT2D eigenvalue weighted by Crippen LogP contribution is 2.19. The molecule has 1 aromatic carbocycles. The van der Waals surface area contributed by atoms with E-state index in [9.17, 15) is 18.0 Å². The second kappa shape index (κ2) is 8.82. The average Bonchev–Trinajstić information content (AvgIpc) is 3.24. The molecule has 0 unspecified atom stereocenters. The summed E-state index contributed by atoms with van der Waals surface area (Å²) in [5.41, 5.74) is 6.31. The van der Waals surface area contributed by atoms with Gasteiger partial charge < -0.3 is 16.4 Å². The molecule has 1 aromatic heterocycles. The highest BCUT2D eigenvalue weighted by molar-refractivity contribution is 7.89. The van der Waals surface area contributed by atoms with Crippen molar-refractivity contribution in [1.82, 2.24) is 14.9 Å². The van der Waals surface area contributed by atoms with Crippen molar-refractivity contribution in [3.05, 3.63) is 52.7 Å². The summed E-state index contributed by atoms with van der Waals surface area (Å²) in [6, 6.07) is 9.12. The Morgan fingerprint density at radius 2 is 2.04 bits per heavy atom. The largest absolute Gasteiger partial charge is 0.368 e. The summed E-state index contributed by atoms with van der Waals surface area (Å²) < 4.78 is 26.7. The molecule has 4 N–H and O–H groups in total. The average molecular weight is 423 g/mol. The Kier molecular flexibility index (Phi) is 6.45. The first kappa shape index (κ1) is 20.5. The Morgan fingerprint density at radius 3 is 2.68 bits per heavy atom. The fourth-order valence-electron chi connectivity index (χ4n) is 3.01. The van der Waals surface area contributed by atoms with Crippen LogP contribution in [0.4, 0.5) is 0 Å². The van der Waals surface area contributed by atoms with Crippen molar-refractivity contribution in [3.63, 3.8) is 0 Å². The zero-order valence-electron chi connectivity index (χ0n) is 15.1. The minimum atomic E-state index is -3.65. The van der Waals surface area contributed by atoms with Crippen molar-refractivity contribution in [2.45, 2.75) is 23.4 Å². The molecular weight excluding hydrogens is 400 g/mol. The normalized spacial score (nSPS) is 19.1. The van der Waals surface area contributed by atoms with E-state index in [1.54, 1.807) is 16.8 Å². The van der Waals surface area contributed by atoms with Gasteiger partial charge in [-0.3, -0.25) is 9.59 Å². The topological polar surface area (TPSA) is 122 Å². The molecule has 1 saturated heterocycles. The van der Waals surface area contributed by atoms with Gasteiger partial charge in [0.2, 0.25) is 21.8 Å². The summed E-state index contributed by atoms with van der Waals surface area (Å²) in [5.74, 6) is -1.10. The number of amides is 2. The van der Waals surface area contributed by atoms with Crippen LogP contribution >= 0.6 is 11.3 Å². The minimum absolute atomic E-state index is 0.0131. The third kappa shape index (κ3) is 4.76. The third-order valence-corrected chi connectivity index (χ3v) is 7.22. The fraction of sp³-hybridized carbons (Fsp3) is 0.333. The van der Waals surface area contributed by atoms with E-state index in [0.29, 0.717) is 6.54 Å². The number of piperazine rings is 1. The van der Waals surface area contributed by atoms with Gasteiger partial charge in [-0.25, -0.2) is 8.42 Å². The number of nitrogens with two attached hydrogens (primary N) is 1. The predicted octanol–water partition coefficient (Wildman–Crippen LogP) is -0.0766. The highest BCUT2D eigenvalue weighted by Gasteiger charge is 2.34. The molecule has 0 aliphatic carbocycles. The lowest BCUT2D eigenvalue weighted by molar-refractivity contribution is -0.129. The van der Waals surface area contributed by atoms with E-state index in [4.69, 9.17) is 5.73 Å². The summed E-state index contributed by atoms with van der Waals surface area (Å²) in [6.07, 6.45) is 0.269. The van der Waals surface area contributed by atoms with Gasteiger partial charge in [0.1, 0.15) is 12.1 Å². The lowest BCUT2D eigenvalue weighted by atomic mass is 10.0. The Labute approximate surface area is 167 Å². The van der Waals surface area contributed by atoms with Gasteiger partial charge >= 0.3 is 0 Å². The number of nitrogens with zero attached hydrogens (tertiary/aromatic N) is 1. The number of sulfonamides is 1. The number of rotatable bonds is 7. The van der Waals surface area contributed by atoms with Gasteiger partial charge in [-0.05, 0) is 17.0 Å². The van der Waals surface area contributed by atoms with Gasteiger partial charge in [-0.2, -0.15) is 15.6 Å². The number of thiophene rings is 1. The molecule has 2 amide bonds. The molecule has 1 aliphatic heterocycles. The van der Waals surface area contributed by atoms with Crippen LogP contribution in [0.1, 0.15) is 5.56 Å². The number of carbonyl (C=O) groups excluding carboxylic acids is 2. The van der Waals surface area contributed by atoms with Crippen LogP contribution in [0.5, 0.6) is 0 Å². The molecule has 8 nitrogen and oxygen atoms in total. The van der Waals surface area contributed by atoms with Crippen LogP contribution in [0.2, 0.25) is 0 Å². The molecule has 2 atom stereocenters. The van der Waals surface area contributed by atoms with Crippen LogP contribution < -0.4 is 16.4 Å². The lowest BCUT2D eigenvalue weighted by Crippen LogP contribution is -2.60. The SMILES string of the molecule is NC(=O)[C@H](Cc1ccccc1)NC(=O)[C@@H]1CN(S(=O)(=O)c2ccsc2)CCN1. The maximum absolute atomic E-state index is 12.7. The van der Waals surface area contributed by atoms with Crippen molar-refractivity contribution in [1.29, 1.82) is 0 Å². The second-order valence-electron chi connectivity index (χ2n) is 6.48. The van der Waals surface area contributed by atoms with E-state index in [2.05, 4.69) is 10.6 Å². The van der Waals surface area contributed by atoms with Crippen molar-refractivity contribution >= 4 is 33.2 Å². The standard InChI is InChI=1S/C18H22N4O4S2/c19-17(23)15(10-13-4-2-1-3-5-13)21-18(24)16-11-22(8-7-20-16)28(25,26)14-6-9-27-12-14/h1-6,9,12,15-16,20H,7-8,10-11H2,(H2,19,23)(H,21,24)/t15-,16-/m0/s1. The van der Waals surface area contributed by atoms with Gasteiger partial charge in [0.25, 0.3) is 0 Å². The first-order valence-corrected chi connectivity index (χ1v) is 11.2. The summed E-state index contributed by atoms with van der Waals surface area (Å²) in [7, 11) is -3.65. The Hall–Kier alpha value is -2.27. The Bertz CT molecular complexity index is 916. The summed E-state index contributed by atoms with van der Waals surface area (Å²) >= 11 is 1.30. The summed E-state index contributed by atoms with van der Waals surface area (Å²) in [6.45, 7) is 0.591. The number of hydrogen-bond donors (Lipinski definition) is 3. The fourth-order valence-corrected chi connectivity index (χ4v) is 5.48. The first-order chi connectivity index (χ1) is 13.4. The monoisotopic (exact) mass is 422 g/mol. The molecule has 1 fully saturated rings. The Morgan fingerprint density at radius 1 is 1.29 bits per heavy atom. The zero-order valence-corrected chi connectivity index (χ0v) is 16.7. The molecule has 0 spiro atoms. The maximum Gasteiger partial charge on any atom is 0.244 e. The van der Waals surface area contributed by atoms with Crippen LogP contribution in [0, 0.1) is 0 Å². The van der Waals surface area contributed by atoms with Gasteiger partial charge in [0.15, 0.2) is 0 Å². The van der Waals surface area contributed by atoms with Gasteiger partial charge in [0.05, 0.1) is 4.90 Å². The van der Waals surface area contributed by atoms with Crippen LogP contribution in [0.25, 0.3) is 0 Å². The first-order valence-electron chi connectivity index (χ1n) is 8.77. The van der Waals surface area contributed by atoms with Gasteiger partial charge in [0, 0.05) is 31.4 Å². The van der Waals surface area contributed by atoms with Crippen molar-refractivity contribution < 1.29 is 18.0 Å². The molecule has 1 aliphatic rings. The van der Waals surface area contributed by atoms with Crippen LogP contribution in [0.3, 0.4) is 0 Å². The van der Waals surface area contributed by atoms with Crippen molar-refractivity contribution in [2.24, 2.45) is 5.73 Å². The van der Waals surface area contributed by atoms with E-state index in [1.807, 2.05) is 30.3 Å². The van der Waals surface area contributed by atoms with Crippen LogP contribution in [-0.4, -0.2) is 56.3 Å². The number of hydrogen-bond acceptors (Lipinski definition) is 6. The quantitative estimate of drug-likeness (QED) is 0.576. The van der Waals surface area contributed by atoms with E-state index in [-0.39, 0.29) is 24.4 Å².